The third-order valence-electron chi connectivity index (χ3n) is 1.42. The van der Waals surface area contributed by atoms with Crippen LogP contribution in [0.15, 0.2) is 11.6 Å². The maximum Gasteiger partial charge on any atom is 0.226 e. The van der Waals surface area contributed by atoms with Gasteiger partial charge in [-0.3, -0.25) is 4.79 Å². The average molecular weight is 198 g/mol. The Labute approximate surface area is 80.0 Å². The Morgan fingerprint density at radius 1 is 1.85 bits per heavy atom. The van der Waals surface area contributed by atoms with E-state index in [-0.39, 0.29) is 18.2 Å². The van der Waals surface area contributed by atoms with Gasteiger partial charge in [-0.2, -0.15) is 0 Å². The molecule has 70 valence electrons. The smallest absolute Gasteiger partial charge is 0.226 e. The van der Waals surface area contributed by atoms with Gasteiger partial charge < -0.3 is 10.1 Å². The van der Waals surface area contributed by atoms with Gasteiger partial charge in [0.2, 0.25) is 5.91 Å². The zero-order valence-corrected chi connectivity index (χ0v) is 8.00. The van der Waals surface area contributed by atoms with Crippen LogP contribution in [0.2, 0.25) is 0 Å². The van der Waals surface area contributed by atoms with Crippen molar-refractivity contribution in [2.75, 3.05) is 5.32 Å². The zero-order chi connectivity index (χ0) is 9.68. The summed E-state index contributed by atoms with van der Waals surface area (Å²) in [5.41, 5.74) is 0. The number of carbonyl (C=O) groups excluding carboxylic acids is 2. The van der Waals surface area contributed by atoms with Crippen LogP contribution in [0.1, 0.15) is 13.3 Å². The molecule has 0 fully saturated rings. The van der Waals surface area contributed by atoms with E-state index in [9.17, 15) is 9.59 Å². The Hall–Kier alpha value is -1.23. The fraction of sp³-hybridized carbons (Fsp3) is 0.375. The molecule has 1 aromatic heterocycles. The van der Waals surface area contributed by atoms with Gasteiger partial charge in [-0.1, -0.05) is 6.92 Å². The van der Waals surface area contributed by atoms with Crippen molar-refractivity contribution >= 4 is 28.7 Å². The summed E-state index contributed by atoms with van der Waals surface area (Å²) in [6.45, 7) is 1.70. The molecule has 1 aromatic rings. The Balaban J connectivity index is 2.38. The molecule has 1 heterocycles. The third-order valence-corrected chi connectivity index (χ3v) is 2.11. The van der Waals surface area contributed by atoms with E-state index in [0.717, 1.165) is 6.29 Å². The predicted molar refractivity (Wildman–Crippen MR) is 50.6 cm³/mol. The molecule has 13 heavy (non-hydrogen) atoms. The Morgan fingerprint density at radius 2 is 2.62 bits per heavy atom. The first kappa shape index (κ1) is 9.85. The largest absolute Gasteiger partial charge is 0.303 e. The van der Waals surface area contributed by atoms with Crippen molar-refractivity contribution in [3.8, 4) is 0 Å². The first-order chi connectivity index (χ1) is 6.22. The summed E-state index contributed by atoms with van der Waals surface area (Å²) in [4.78, 5) is 25.3. The molecule has 1 rings (SSSR count). The lowest BCUT2D eigenvalue weighted by Crippen LogP contribution is -2.15. The fourth-order valence-electron chi connectivity index (χ4n) is 0.796. The van der Waals surface area contributed by atoms with Crippen LogP contribution in [0.4, 0.5) is 5.13 Å². The van der Waals surface area contributed by atoms with Crippen molar-refractivity contribution in [3.05, 3.63) is 11.6 Å². The quantitative estimate of drug-likeness (QED) is 0.742. The Morgan fingerprint density at radius 3 is 3.15 bits per heavy atom. The van der Waals surface area contributed by atoms with Gasteiger partial charge in [-0.15, -0.1) is 11.3 Å². The predicted octanol–water partition coefficient (Wildman–Crippen LogP) is 1.31. The van der Waals surface area contributed by atoms with E-state index >= 15 is 0 Å². The standard InChI is InChI=1S/C8H10N2O2S/c1-6(5-11)4-7(12)10-8-9-2-3-13-8/h2-3,5-6H,4H2,1H3,(H,9,10,12). The fourth-order valence-corrected chi connectivity index (χ4v) is 1.34. The summed E-state index contributed by atoms with van der Waals surface area (Å²) in [5, 5.41) is 4.95. The van der Waals surface area contributed by atoms with Crippen LogP contribution in [0, 0.1) is 5.92 Å². The van der Waals surface area contributed by atoms with Gasteiger partial charge in [-0.05, 0) is 0 Å². The summed E-state index contributed by atoms with van der Waals surface area (Å²) in [6.07, 6.45) is 2.59. The van der Waals surface area contributed by atoms with E-state index in [1.807, 2.05) is 0 Å². The maximum absolute atomic E-state index is 11.2. The highest BCUT2D eigenvalue weighted by atomic mass is 32.1. The lowest BCUT2D eigenvalue weighted by atomic mass is 10.1. The van der Waals surface area contributed by atoms with E-state index in [0.29, 0.717) is 5.13 Å². The van der Waals surface area contributed by atoms with Crippen LogP contribution in [0.5, 0.6) is 0 Å². The lowest BCUT2D eigenvalue weighted by molar-refractivity contribution is -0.120. The minimum atomic E-state index is -0.236. The van der Waals surface area contributed by atoms with Gasteiger partial charge >= 0.3 is 0 Å². The number of hydrogen-bond acceptors (Lipinski definition) is 4. The van der Waals surface area contributed by atoms with E-state index in [1.54, 1.807) is 18.5 Å². The minimum absolute atomic E-state index is 0.172. The van der Waals surface area contributed by atoms with Crippen molar-refractivity contribution in [2.24, 2.45) is 5.92 Å². The summed E-state index contributed by atoms with van der Waals surface area (Å²) in [5.74, 6) is -0.408. The zero-order valence-electron chi connectivity index (χ0n) is 7.19. The highest BCUT2D eigenvalue weighted by molar-refractivity contribution is 7.13. The van der Waals surface area contributed by atoms with Crippen LogP contribution in [-0.2, 0) is 9.59 Å². The number of nitrogens with zero attached hydrogens (tertiary/aromatic N) is 1. The Kier molecular flexibility index (Phi) is 3.57. The van der Waals surface area contributed by atoms with Gasteiger partial charge in [0.05, 0.1) is 0 Å². The highest BCUT2D eigenvalue weighted by Crippen LogP contribution is 2.11. The molecule has 0 aromatic carbocycles. The van der Waals surface area contributed by atoms with Gasteiger partial charge in [0.15, 0.2) is 5.13 Å². The summed E-state index contributed by atoms with van der Waals surface area (Å²) >= 11 is 1.35. The van der Waals surface area contributed by atoms with E-state index in [4.69, 9.17) is 0 Å². The molecule has 4 nitrogen and oxygen atoms in total. The minimum Gasteiger partial charge on any atom is -0.303 e. The number of amides is 1. The molecule has 1 amide bonds. The topological polar surface area (TPSA) is 59.1 Å². The number of carbonyl (C=O) groups is 2. The monoisotopic (exact) mass is 198 g/mol. The van der Waals surface area contributed by atoms with Gasteiger partial charge in [-0.25, -0.2) is 4.98 Å². The number of aromatic nitrogens is 1. The number of anilines is 1. The van der Waals surface area contributed by atoms with Crippen LogP contribution in [0.3, 0.4) is 0 Å². The molecule has 1 atom stereocenters. The molecule has 1 unspecified atom stereocenters. The SMILES string of the molecule is CC(C=O)CC(=O)Nc1nccs1. The molecule has 5 heteroatoms. The second kappa shape index (κ2) is 4.71. The first-order valence-electron chi connectivity index (χ1n) is 3.87. The van der Waals surface area contributed by atoms with Crippen LogP contribution in [0.25, 0.3) is 0 Å². The molecular formula is C8H10N2O2S. The van der Waals surface area contributed by atoms with Gasteiger partial charge in [0.1, 0.15) is 6.29 Å². The van der Waals surface area contributed by atoms with Gasteiger partial charge in [0, 0.05) is 23.9 Å². The lowest BCUT2D eigenvalue weighted by Gasteiger charge is -2.02. The maximum atomic E-state index is 11.2. The number of hydrogen-bond donors (Lipinski definition) is 1. The molecule has 0 saturated carbocycles. The molecule has 0 bridgehead atoms. The average Bonchev–Trinajstić information content (AvgIpc) is 2.56. The summed E-state index contributed by atoms with van der Waals surface area (Å²) in [7, 11) is 0. The highest BCUT2D eigenvalue weighted by Gasteiger charge is 2.08. The molecule has 0 saturated heterocycles. The second-order valence-corrected chi connectivity index (χ2v) is 3.60. The Bertz CT molecular complexity index is 284. The first-order valence-corrected chi connectivity index (χ1v) is 4.75. The van der Waals surface area contributed by atoms with Gasteiger partial charge in [0.25, 0.3) is 0 Å². The number of thiazole rings is 1. The molecule has 0 aliphatic carbocycles. The molecule has 1 N–H and O–H groups in total. The third kappa shape index (κ3) is 3.33. The molecule has 0 radical (unpaired) electrons. The summed E-state index contributed by atoms with van der Waals surface area (Å²) in [6, 6.07) is 0. The molecule has 0 spiro atoms. The van der Waals surface area contributed by atoms with E-state index in [2.05, 4.69) is 10.3 Å². The molecule has 0 aliphatic rings. The normalized spacial score (nSPS) is 12.1. The van der Waals surface area contributed by atoms with Crippen molar-refractivity contribution in [3.63, 3.8) is 0 Å². The van der Waals surface area contributed by atoms with Crippen molar-refractivity contribution < 1.29 is 9.59 Å². The number of rotatable bonds is 4. The van der Waals surface area contributed by atoms with Crippen LogP contribution < -0.4 is 5.32 Å². The second-order valence-electron chi connectivity index (χ2n) is 2.70. The van der Waals surface area contributed by atoms with Crippen LogP contribution >= 0.6 is 11.3 Å². The van der Waals surface area contributed by atoms with Crippen molar-refractivity contribution in [2.45, 2.75) is 13.3 Å². The summed E-state index contributed by atoms with van der Waals surface area (Å²) < 4.78 is 0. The van der Waals surface area contributed by atoms with Crippen molar-refractivity contribution in [1.82, 2.24) is 4.98 Å². The van der Waals surface area contributed by atoms with E-state index < -0.39 is 0 Å². The van der Waals surface area contributed by atoms with E-state index in [1.165, 1.54) is 11.3 Å². The van der Waals surface area contributed by atoms with Crippen LogP contribution in [-0.4, -0.2) is 17.2 Å². The van der Waals surface area contributed by atoms with Crippen molar-refractivity contribution in [1.29, 1.82) is 0 Å². The number of nitrogens with one attached hydrogen (secondary N) is 1. The number of aldehydes is 1. The molecule has 0 aliphatic heterocycles. The molecular weight excluding hydrogens is 188 g/mol.